The van der Waals surface area contributed by atoms with Crippen molar-refractivity contribution in [2.24, 2.45) is 5.92 Å². The molecule has 6 nitrogen and oxygen atoms in total. The predicted molar refractivity (Wildman–Crippen MR) is 111 cm³/mol. The monoisotopic (exact) mass is 427 g/mol. The van der Waals surface area contributed by atoms with Gasteiger partial charge in [-0.25, -0.2) is 18.4 Å². The topological polar surface area (TPSA) is 77.2 Å². The lowest BCUT2D eigenvalue weighted by atomic mass is 9.94. The van der Waals surface area contributed by atoms with Crippen molar-refractivity contribution in [3.63, 3.8) is 0 Å². The van der Waals surface area contributed by atoms with Crippen LogP contribution < -0.4 is 4.74 Å². The quantitative estimate of drug-likeness (QED) is 0.414. The molecule has 1 unspecified atom stereocenters. The van der Waals surface area contributed by atoms with Crippen LogP contribution in [0.4, 0.5) is 8.78 Å². The summed E-state index contributed by atoms with van der Waals surface area (Å²) in [6, 6.07) is 9.34. The van der Waals surface area contributed by atoms with Crippen molar-refractivity contribution in [2.75, 3.05) is 6.61 Å². The summed E-state index contributed by atoms with van der Waals surface area (Å²) in [6.45, 7) is 3.46. The van der Waals surface area contributed by atoms with Gasteiger partial charge in [0.2, 0.25) is 0 Å². The van der Waals surface area contributed by atoms with Crippen LogP contribution in [0.2, 0.25) is 0 Å². The van der Waals surface area contributed by atoms with Crippen molar-refractivity contribution in [2.45, 2.75) is 26.0 Å². The van der Waals surface area contributed by atoms with E-state index in [9.17, 15) is 18.7 Å². The van der Waals surface area contributed by atoms with Gasteiger partial charge in [-0.05, 0) is 42.3 Å². The number of nitrogens with zero attached hydrogens (tertiary/aromatic N) is 3. The van der Waals surface area contributed by atoms with Gasteiger partial charge in [0.05, 0.1) is 6.54 Å². The molecule has 0 aliphatic heterocycles. The Morgan fingerprint density at radius 1 is 1.23 bits per heavy atom. The third-order valence-electron chi connectivity index (χ3n) is 4.57. The molecule has 1 heterocycles. The summed E-state index contributed by atoms with van der Waals surface area (Å²) in [4.78, 5) is 16.0. The third kappa shape index (κ3) is 5.82. The van der Waals surface area contributed by atoms with Crippen molar-refractivity contribution in [1.82, 2.24) is 14.8 Å². The van der Waals surface area contributed by atoms with E-state index in [-0.39, 0.29) is 30.4 Å². The first kappa shape index (κ1) is 22.3. The molecular formula is C23H23F2N3O3. The van der Waals surface area contributed by atoms with E-state index in [1.54, 1.807) is 24.3 Å². The molecule has 1 aromatic heterocycles. The van der Waals surface area contributed by atoms with Crippen LogP contribution in [0, 0.1) is 17.6 Å². The highest BCUT2D eigenvalue weighted by Gasteiger charge is 2.34. The lowest BCUT2D eigenvalue weighted by Gasteiger charge is -2.29. The molecule has 0 bridgehead atoms. The van der Waals surface area contributed by atoms with Gasteiger partial charge in [-0.15, -0.1) is 0 Å². The number of allylic oxidation sites excluding steroid dienone is 2. The summed E-state index contributed by atoms with van der Waals surface area (Å²) >= 11 is 0. The fourth-order valence-electron chi connectivity index (χ4n) is 2.95. The smallest absolute Gasteiger partial charge is 0.185 e. The molecule has 3 rings (SSSR count). The number of hydrogen-bond acceptors (Lipinski definition) is 5. The molecule has 162 valence electrons. The maximum atomic E-state index is 14.4. The van der Waals surface area contributed by atoms with Crippen LogP contribution in [0.25, 0.3) is 0 Å². The van der Waals surface area contributed by atoms with Gasteiger partial charge in [0.15, 0.2) is 5.78 Å². The van der Waals surface area contributed by atoms with Crippen LogP contribution in [0.1, 0.15) is 29.8 Å². The normalized spacial score (nSPS) is 13.5. The first-order valence-electron chi connectivity index (χ1n) is 9.72. The standard InChI is InChI=1S/C23H23F2N3O3/c1-16(2)3-10-22(29)17-4-7-19(8-5-17)31-13-23(30,12-28-15-26-14-27-28)20-9-6-18(24)11-21(20)25/h3-11,14-16,30H,12-13H2,1-2H3/b10-3+. The Hall–Kier alpha value is -3.39. The molecule has 0 spiro atoms. The first-order valence-corrected chi connectivity index (χ1v) is 9.72. The minimum Gasteiger partial charge on any atom is -0.490 e. The van der Waals surface area contributed by atoms with E-state index in [0.29, 0.717) is 17.4 Å². The molecule has 1 atom stereocenters. The summed E-state index contributed by atoms with van der Waals surface area (Å²) in [5.41, 5.74) is -1.48. The van der Waals surface area contributed by atoms with Crippen LogP contribution >= 0.6 is 0 Å². The van der Waals surface area contributed by atoms with E-state index in [2.05, 4.69) is 10.1 Å². The lowest BCUT2D eigenvalue weighted by Crippen LogP contribution is -2.39. The highest BCUT2D eigenvalue weighted by Crippen LogP contribution is 2.28. The Kier molecular flexibility index (Phi) is 6.91. The number of hydrogen-bond donors (Lipinski definition) is 1. The Labute approximate surface area is 178 Å². The fraction of sp³-hybridized carbons (Fsp3) is 0.261. The Balaban J connectivity index is 1.78. The van der Waals surface area contributed by atoms with Gasteiger partial charge in [0.25, 0.3) is 0 Å². The summed E-state index contributed by atoms with van der Waals surface area (Å²) in [5, 5.41) is 15.2. The van der Waals surface area contributed by atoms with Crippen molar-refractivity contribution < 1.29 is 23.4 Å². The van der Waals surface area contributed by atoms with E-state index in [1.807, 2.05) is 19.9 Å². The minimum atomic E-state index is -1.85. The van der Waals surface area contributed by atoms with Gasteiger partial charge >= 0.3 is 0 Å². The van der Waals surface area contributed by atoms with Gasteiger partial charge in [-0.3, -0.25) is 4.79 Å². The van der Waals surface area contributed by atoms with Gasteiger partial charge in [0, 0.05) is 17.2 Å². The third-order valence-corrected chi connectivity index (χ3v) is 4.57. The number of ketones is 1. The summed E-state index contributed by atoms with van der Waals surface area (Å²) in [7, 11) is 0. The van der Waals surface area contributed by atoms with Crippen LogP contribution in [-0.4, -0.2) is 32.3 Å². The van der Waals surface area contributed by atoms with Gasteiger partial charge in [-0.1, -0.05) is 26.0 Å². The first-order chi connectivity index (χ1) is 14.8. The zero-order valence-corrected chi connectivity index (χ0v) is 17.2. The molecule has 31 heavy (non-hydrogen) atoms. The fourth-order valence-corrected chi connectivity index (χ4v) is 2.95. The Bertz CT molecular complexity index is 1050. The average molecular weight is 427 g/mol. The molecular weight excluding hydrogens is 404 g/mol. The number of aliphatic hydroxyl groups is 1. The summed E-state index contributed by atoms with van der Waals surface area (Å²) < 4.78 is 34.8. The molecule has 0 saturated heterocycles. The van der Waals surface area contributed by atoms with Crippen molar-refractivity contribution in [1.29, 1.82) is 0 Å². The van der Waals surface area contributed by atoms with Crippen LogP contribution in [0.15, 0.2) is 67.3 Å². The number of aromatic nitrogens is 3. The van der Waals surface area contributed by atoms with E-state index >= 15 is 0 Å². The van der Waals surface area contributed by atoms with Gasteiger partial charge in [-0.2, -0.15) is 5.10 Å². The molecule has 0 saturated carbocycles. The van der Waals surface area contributed by atoms with Crippen molar-refractivity contribution in [3.05, 3.63) is 90.0 Å². The maximum Gasteiger partial charge on any atom is 0.185 e. The van der Waals surface area contributed by atoms with Crippen LogP contribution in [0.5, 0.6) is 5.75 Å². The van der Waals surface area contributed by atoms with Crippen molar-refractivity contribution in [3.8, 4) is 5.75 Å². The van der Waals surface area contributed by atoms with E-state index in [4.69, 9.17) is 4.74 Å². The number of carbonyl (C=O) groups excluding carboxylic acids is 1. The SMILES string of the molecule is CC(C)/C=C/C(=O)c1ccc(OCC(O)(Cn2cncn2)c2ccc(F)cc2F)cc1. The number of benzene rings is 2. The Morgan fingerprint density at radius 2 is 1.97 bits per heavy atom. The number of ether oxygens (including phenoxy) is 1. The molecule has 0 aliphatic rings. The zero-order valence-electron chi connectivity index (χ0n) is 17.2. The maximum absolute atomic E-state index is 14.4. The van der Waals surface area contributed by atoms with Crippen molar-refractivity contribution >= 4 is 5.78 Å². The molecule has 0 amide bonds. The molecule has 0 aliphatic carbocycles. The molecule has 1 N–H and O–H groups in total. The second-order valence-corrected chi connectivity index (χ2v) is 7.53. The molecule has 0 fully saturated rings. The molecule has 3 aromatic rings. The highest BCUT2D eigenvalue weighted by molar-refractivity contribution is 6.04. The van der Waals surface area contributed by atoms with E-state index < -0.39 is 17.2 Å². The van der Waals surface area contributed by atoms with Crippen LogP contribution in [0.3, 0.4) is 0 Å². The largest absolute Gasteiger partial charge is 0.490 e. The van der Waals surface area contributed by atoms with Gasteiger partial charge < -0.3 is 9.84 Å². The average Bonchev–Trinajstić information content (AvgIpc) is 3.23. The summed E-state index contributed by atoms with van der Waals surface area (Å²) in [5.74, 6) is -1.14. The van der Waals surface area contributed by atoms with E-state index in [1.165, 1.54) is 29.5 Å². The van der Waals surface area contributed by atoms with E-state index in [0.717, 1.165) is 6.07 Å². The number of rotatable bonds is 9. The molecule has 8 heteroatoms. The Morgan fingerprint density at radius 3 is 2.58 bits per heavy atom. The minimum absolute atomic E-state index is 0.128. The molecule has 0 radical (unpaired) electrons. The zero-order chi connectivity index (χ0) is 22.4. The second-order valence-electron chi connectivity index (χ2n) is 7.53. The van der Waals surface area contributed by atoms with Crippen LogP contribution in [-0.2, 0) is 12.1 Å². The second kappa shape index (κ2) is 9.61. The number of halogens is 2. The predicted octanol–water partition coefficient (Wildman–Crippen LogP) is 3.92. The number of carbonyl (C=O) groups is 1. The lowest BCUT2D eigenvalue weighted by molar-refractivity contribution is -0.0297. The van der Waals surface area contributed by atoms with Gasteiger partial charge in [0.1, 0.15) is 42.2 Å². The highest BCUT2D eigenvalue weighted by atomic mass is 19.1. The molecule has 2 aromatic carbocycles. The summed E-state index contributed by atoms with van der Waals surface area (Å²) in [6.07, 6.45) is 5.99.